The van der Waals surface area contributed by atoms with Crippen LogP contribution in [-0.4, -0.2) is 0 Å². The third kappa shape index (κ3) is 2.11. The van der Waals surface area contributed by atoms with Crippen LogP contribution in [0.3, 0.4) is 0 Å². The van der Waals surface area contributed by atoms with Crippen molar-refractivity contribution in [2.24, 2.45) is 5.41 Å². The highest BCUT2D eigenvalue weighted by molar-refractivity contribution is 5.28. The fourth-order valence-electron chi connectivity index (χ4n) is 1.26. The van der Waals surface area contributed by atoms with E-state index in [0.29, 0.717) is 0 Å². The molecule has 0 aromatic carbocycles. The molecule has 1 heteroatoms. The normalized spacial score (nSPS) is 19.7. The first-order valence-electron chi connectivity index (χ1n) is 4.67. The summed E-state index contributed by atoms with van der Waals surface area (Å²) in [6.45, 7) is 8.24. The van der Waals surface area contributed by atoms with E-state index in [9.17, 15) is 0 Å². The first kappa shape index (κ1) is 9.85. The molecule has 1 rings (SSSR count). The maximum Gasteiger partial charge on any atom is 0.0249 e. The summed E-state index contributed by atoms with van der Waals surface area (Å²) in [6, 6.07) is 0. The van der Waals surface area contributed by atoms with E-state index in [0.717, 1.165) is 6.42 Å². The van der Waals surface area contributed by atoms with Crippen LogP contribution in [0.4, 0.5) is 0 Å². The number of rotatable bonds is 3. The Hall–Kier alpha value is -1.24. The Balaban J connectivity index is 2.92. The second-order valence-corrected chi connectivity index (χ2v) is 3.44. The SMILES string of the molecule is C=CC(C)(CC)C1=CC=CC=CN1. The van der Waals surface area contributed by atoms with E-state index in [2.05, 4.69) is 31.8 Å². The molecule has 1 aliphatic rings. The molecule has 13 heavy (non-hydrogen) atoms. The summed E-state index contributed by atoms with van der Waals surface area (Å²) in [5.74, 6) is 0. The summed E-state index contributed by atoms with van der Waals surface area (Å²) in [5, 5.41) is 3.27. The van der Waals surface area contributed by atoms with E-state index >= 15 is 0 Å². The number of nitrogens with one attached hydrogen (secondary N) is 1. The molecule has 1 aliphatic heterocycles. The van der Waals surface area contributed by atoms with Crippen LogP contribution >= 0.6 is 0 Å². The quantitative estimate of drug-likeness (QED) is 0.650. The lowest BCUT2D eigenvalue weighted by atomic mass is 9.84. The lowest BCUT2D eigenvalue weighted by molar-refractivity contribution is 0.473. The summed E-state index contributed by atoms with van der Waals surface area (Å²) >= 11 is 0. The van der Waals surface area contributed by atoms with Gasteiger partial charge in [0, 0.05) is 17.3 Å². The van der Waals surface area contributed by atoms with Crippen molar-refractivity contribution in [3.63, 3.8) is 0 Å². The molecule has 0 aliphatic carbocycles. The fourth-order valence-corrected chi connectivity index (χ4v) is 1.26. The van der Waals surface area contributed by atoms with Crippen molar-refractivity contribution in [2.45, 2.75) is 20.3 Å². The van der Waals surface area contributed by atoms with Crippen molar-refractivity contribution < 1.29 is 0 Å². The summed E-state index contributed by atoms with van der Waals surface area (Å²) in [7, 11) is 0. The monoisotopic (exact) mass is 175 g/mol. The Morgan fingerprint density at radius 3 is 2.85 bits per heavy atom. The third-order valence-electron chi connectivity index (χ3n) is 2.62. The second-order valence-electron chi connectivity index (χ2n) is 3.44. The van der Waals surface area contributed by atoms with Crippen LogP contribution in [0.25, 0.3) is 0 Å². The van der Waals surface area contributed by atoms with Gasteiger partial charge in [-0.05, 0) is 18.6 Å². The number of hydrogen-bond acceptors (Lipinski definition) is 1. The molecule has 1 heterocycles. The third-order valence-corrected chi connectivity index (χ3v) is 2.62. The second kappa shape index (κ2) is 4.13. The molecule has 0 aromatic rings. The van der Waals surface area contributed by atoms with E-state index in [1.807, 2.05) is 30.5 Å². The van der Waals surface area contributed by atoms with Gasteiger partial charge in [-0.25, -0.2) is 0 Å². The summed E-state index contributed by atoms with van der Waals surface area (Å²) in [5.41, 5.74) is 1.26. The topological polar surface area (TPSA) is 12.0 Å². The Kier molecular flexibility index (Phi) is 3.13. The van der Waals surface area contributed by atoms with Crippen molar-refractivity contribution in [1.29, 1.82) is 0 Å². The van der Waals surface area contributed by atoms with E-state index in [1.165, 1.54) is 5.70 Å². The molecular formula is C12H17N. The molecule has 1 N–H and O–H groups in total. The zero-order valence-electron chi connectivity index (χ0n) is 8.38. The van der Waals surface area contributed by atoms with Gasteiger partial charge in [0.25, 0.3) is 0 Å². The molecule has 1 unspecified atom stereocenters. The Bertz CT molecular complexity index is 271. The molecule has 0 saturated carbocycles. The summed E-state index contributed by atoms with van der Waals surface area (Å²) in [4.78, 5) is 0. The molecule has 0 fully saturated rings. The largest absolute Gasteiger partial charge is 0.364 e. The average molecular weight is 175 g/mol. The van der Waals surface area contributed by atoms with E-state index in [4.69, 9.17) is 0 Å². The van der Waals surface area contributed by atoms with Crippen molar-refractivity contribution in [2.75, 3.05) is 0 Å². The molecule has 0 radical (unpaired) electrons. The molecule has 1 nitrogen and oxygen atoms in total. The summed E-state index contributed by atoms with van der Waals surface area (Å²) < 4.78 is 0. The van der Waals surface area contributed by atoms with Crippen molar-refractivity contribution in [1.82, 2.24) is 5.32 Å². The average Bonchev–Trinajstić information content (AvgIpc) is 2.45. The van der Waals surface area contributed by atoms with Crippen LogP contribution in [0.2, 0.25) is 0 Å². The highest BCUT2D eigenvalue weighted by Crippen LogP contribution is 2.30. The number of allylic oxidation sites excluding steroid dienone is 5. The van der Waals surface area contributed by atoms with Crippen LogP contribution in [-0.2, 0) is 0 Å². The van der Waals surface area contributed by atoms with Crippen LogP contribution in [0.1, 0.15) is 20.3 Å². The smallest absolute Gasteiger partial charge is 0.0249 e. The van der Waals surface area contributed by atoms with Crippen LogP contribution in [0.15, 0.2) is 48.9 Å². The Labute approximate surface area is 80.5 Å². The standard InChI is InChI=1S/C12H17N/c1-4-12(3,5-2)11-9-7-6-8-10-13-11/h4,6-10,13H,1,5H2,2-3H3. The van der Waals surface area contributed by atoms with Crippen molar-refractivity contribution in [3.05, 3.63) is 48.9 Å². The van der Waals surface area contributed by atoms with E-state index in [1.54, 1.807) is 0 Å². The lowest BCUT2D eigenvalue weighted by Crippen LogP contribution is -2.23. The van der Waals surface area contributed by atoms with E-state index < -0.39 is 0 Å². The zero-order chi connectivity index (χ0) is 9.73. The first-order chi connectivity index (χ1) is 6.23. The highest BCUT2D eigenvalue weighted by atomic mass is 14.9. The zero-order valence-corrected chi connectivity index (χ0v) is 8.38. The predicted molar refractivity (Wildman–Crippen MR) is 58.1 cm³/mol. The molecule has 0 bridgehead atoms. The van der Waals surface area contributed by atoms with Gasteiger partial charge in [0.05, 0.1) is 0 Å². The molecule has 0 spiro atoms. The van der Waals surface area contributed by atoms with E-state index in [-0.39, 0.29) is 5.41 Å². The van der Waals surface area contributed by atoms with Gasteiger partial charge in [0.15, 0.2) is 0 Å². The fraction of sp³-hybridized carbons (Fsp3) is 0.333. The van der Waals surface area contributed by atoms with Gasteiger partial charge in [0.1, 0.15) is 0 Å². The minimum Gasteiger partial charge on any atom is -0.364 e. The Morgan fingerprint density at radius 2 is 2.23 bits per heavy atom. The van der Waals surface area contributed by atoms with Crippen LogP contribution < -0.4 is 5.32 Å². The van der Waals surface area contributed by atoms with Gasteiger partial charge >= 0.3 is 0 Å². The lowest BCUT2D eigenvalue weighted by Gasteiger charge is -2.27. The predicted octanol–water partition coefficient (Wildman–Crippen LogP) is 3.15. The molecular weight excluding hydrogens is 158 g/mol. The highest BCUT2D eigenvalue weighted by Gasteiger charge is 2.22. The van der Waals surface area contributed by atoms with Gasteiger partial charge in [-0.2, -0.15) is 0 Å². The van der Waals surface area contributed by atoms with Gasteiger partial charge in [0.2, 0.25) is 0 Å². The summed E-state index contributed by atoms with van der Waals surface area (Å²) in [6.07, 6.45) is 13.2. The maximum absolute atomic E-state index is 3.88. The minimum atomic E-state index is 0.0546. The van der Waals surface area contributed by atoms with Gasteiger partial charge < -0.3 is 5.32 Å². The van der Waals surface area contributed by atoms with Crippen molar-refractivity contribution >= 4 is 0 Å². The molecule has 1 atom stereocenters. The molecule has 0 saturated heterocycles. The van der Waals surface area contributed by atoms with Gasteiger partial charge in [-0.15, -0.1) is 6.58 Å². The van der Waals surface area contributed by atoms with Crippen LogP contribution in [0, 0.1) is 5.41 Å². The minimum absolute atomic E-state index is 0.0546. The number of hydrogen-bond donors (Lipinski definition) is 1. The maximum atomic E-state index is 3.88. The molecule has 0 amide bonds. The molecule has 0 aromatic heterocycles. The van der Waals surface area contributed by atoms with Crippen LogP contribution in [0.5, 0.6) is 0 Å². The first-order valence-corrected chi connectivity index (χ1v) is 4.67. The van der Waals surface area contributed by atoms with Crippen molar-refractivity contribution in [3.8, 4) is 0 Å². The Morgan fingerprint density at radius 1 is 1.46 bits per heavy atom. The molecule has 70 valence electrons. The van der Waals surface area contributed by atoms with Gasteiger partial charge in [-0.1, -0.05) is 32.1 Å². The van der Waals surface area contributed by atoms with Gasteiger partial charge in [-0.3, -0.25) is 0 Å².